The van der Waals surface area contributed by atoms with E-state index in [-0.39, 0.29) is 17.6 Å². The van der Waals surface area contributed by atoms with E-state index in [0.29, 0.717) is 28.1 Å². The summed E-state index contributed by atoms with van der Waals surface area (Å²) in [6, 6.07) is 20.7. The highest BCUT2D eigenvalue weighted by molar-refractivity contribution is 6.08. The summed E-state index contributed by atoms with van der Waals surface area (Å²) >= 11 is 0. The molecule has 2 N–H and O–H groups in total. The molecule has 0 radical (unpaired) electrons. The van der Waals surface area contributed by atoms with Gasteiger partial charge in [-0.3, -0.25) is 14.4 Å². The number of carbonyl (C=O) groups excluding carboxylic acids is 3. The van der Waals surface area contributed by atoms with Crippen molar-refractivity contribution in [2.75, 3.05) is 10.6 Å². The van der Waals surface area contributed by atoms with Crippen LogP contribution in [0.3, 0.4) is 0 Å². The van der Waals surface area contributed by atoms with Gasteiger partial charge in [-0.15, -0.1) is 0 Å². The quantitative estimate of drug-likeness (QED) is 0.637. The first kappa shape index (κ1) is 19.0. The number of benzene rings is 3. The van der Waals surface area contributed by atoms with Crippen molar-refractivity contribution < 1.29 is 14.4 Å². The van der Waals surface area contributed by atoms with E-state index < -0.39 is 0 Å². The second kappa shape index (κ2) is 8.31. The highest BCUT2D eigenvalue weighted by Crippen LogP contribution is 2.19. The second-order valence-corrected chi connectivity index (χ2v) is 6.44. The van der Waals surface area contributed by atoms with Crippen LogP contribution in [0, 0.1) is 6.92 Å². The number of Topliss-reactive ketones (excluding diaryl/α,β-unsaturated/α-hetero) is 1. The number of hydrogen-bond acceptors (Lipinski definition) is 3. The van der Waals surface area contributed by atoms with E-state index in [2.05, 4.69) is 10.6 Å². The van der Waals surface area contributed by atoms with Gasteiger partial charge in [-0.25, -0.2) is 0 Å². The van der Waals surface area contributed by atoms with Crippen LogP contribution < -0.4 is 10.6 Å². The molecule has 3 aromatic carbocycles. The van der Waals surface area contributed by atoms with Gasteiger partial charge in [0, 0.05) is 28.1 Å². The Bertz CT molecular complexity index is 1030. The number of carbonyl (C=O) groups is 3. The second-order valence-electron chi connectivity index (χ2n) is 6.44. The zero-order chi connectivity index (χ0) is 20.1. The lowest BCUT2D eigenvalue weighted by Crippen LogP contribution is -2.15. The van der Waals surface area contributed by atoms with Crippen molar-refractivity contribution in [1.82, 2.24) is 0 Å². The summed E-state index contributed by atoms with van der Waals surface area (Å²) in [5.74, 6) is -0.568. The lowest BCUT2D eigenvalue weighted by Gasteiger charge is -2.11. The minimum absolute atomic E-state index is 0.0322. The molecule has 0 aliphatic carbocycles. The minimum Gasteiger partial charge on any atom is -0.322 e. The van der Waals surface area contributed by atoms with Gasteiger partial charge in [-0.1, -0.05) is 24.3 Å². The molecular weight excluding hydrogens is 352 g/mol. The Balaban J connectivity index is 1.75. The van der Waals surface area contributed by atoms with Gasteiger partial charge in [-0.05, 0) is 67.9 Å². The first-order valence-electron chi connectivity index (χ1n) is 8.83. The fourth-order valence-corrected chi connectivity index (χ4v) is 2.67. The molecule has 2 amide bonds. The van der Waals surface area contributed by atoms with Gasteiger partial charge < -0.3 is 10.6 Å². The summed E-state index contributed by atoms with van der Waals surface area (Å²) < 4.78 is 0. The van der Waals surface area contributed by atoms with E-state index >= 15 is 0 Å². The molecule has 0 unspecified atom stereocenters. The smallest absolute Gasteiger partial charge is 0.255 e. The summed E-state index contributed by atoms with van der Waals surface area (Å²) in [7, 11) is 0. The van der Waals surface area contributed by atoms with Gasteiger partial charge in [-0.2, -0.15) is 0 Å². The Kier molecular flexibility index (Phi) is 5.65. The van der Waals surface area contributed by atoms with Crippen LogP contribution in [0.1, 0.15) is 43.6 Å². The van der Waals surface area contributed by atoms with E-state index in [4.69, 9.17) is 0 Å². The maximum atomic E-state index is 12.6. The Morgan fingerprint density at radius 3 is 1.93 bits per heavy atom. The zero-order valence-corrected chi connectivity index (χ0v) is 15.7. The number of amides is 2. The Morgan fingerprint density at radius 1 is 0.679 bits per heavy atom. The van der Waals surface area contributed by atoms with Gasteiger partial charge in [0.05, 0.1) is 0 Å². The first-order valence-corrected chi connectivity index (χ1v) is 8.83. The van der Waals surface area contributed by atoms with Crippen LogP contribution in [0.4, 0.5) is 11.4 Å². The Labute approximate surface area is 163 Å². The highest BCUT2D eigenvalue weighted by Gasteiger charge is 2.12. The van der Waals surface area contributed by atoms with Crippen molar-refractivity contribution in [2.24, 2.45) is 0 Å². The van der Waals surface area contributed by atoms with Crippen LogP contribution in [0.15, 0.2) is 72.8 Å². The van der Waals surface area contributed by atoms with Crippen molar-refractivity contribution in [1.29, 1.82) is 0 Å². The van der Waals surface area contributed by atoms with E-state index in [1.54, 1.807) is 66.7 Å². The van der Waals surface area contributed by atoms with Crippen LogP contribution in [0.5, 0.6) is 0 Å². The fourth-order valence-electron chi connectivity index (χ4n) is 2.67. The lowest BCUT2D eigenvalue weighted by molar-refractivity contribution is 0.101. The molecular formula is C23H20N2O3. The van der Waals surface area contributed by atoms with E-state index in [1.807, 2.05) is 13.0 Å². The molecule has 0 bridgehead atoms. The molecule has 28 heavy (non-hydrogen) atoms. The molecule has 5 heteroatoms. The Hall–Kier alpha value is -3.73. The molecule has 0 atom stereocenters. The fraction of sp³-hybridized carbons (Fsp3) is 0.0870. The normalized spacial score (nSPS) is 10.2. The molecule has 3 aromatic rings. The van der Waals surface area contributed by atoms with Crippen LogP contribution in [0.2, 0.25) is 0 Å². The van der Waals surface area contributed by atoms with Crippen LogP contribution in [-0.2, 0) is 0 Å². The average Bonchev–Trinajstić information content (AvgIpc) is 2.70. The summed E-state index contributed by atoms with van der Waals surface area (Å²) in [6.45, 7) is 3.36. The van der Waals surface area contributed by atoms with Crippen molar-refractivity contribution in [3.8, 4) is 0 Å². The van der Waals surface area contributed by atoms with E-state index in [0.717, 1.165) is 5.56 Å². The van der Waals surface area contributed by atoms with Crippen molar-refractivity contribution >= 4 is 29.0 Å². The molecule has 0 aliphatic rings. The standard InChI is InChI=1S/C23H20N2O3/c1-15-8-9-19(14-21(15)25-22(27)18-6-4-3-5-7-18)23(28)24-20-12-10-17(11-13-20)16(2)26/h3-14H,1-2H3,(H,24,28)(H,25,27). The molecule has 0 aliphatic heterocycles. The lowest BCUT2D eigenvalue weighted by atomic mass is 10.1. The molecule has 0 saturated carbocycles. The zero-order valence-electron chi connectivity index (χ0n) is 15.7. The third-order valence-corrected chi connectivity index (χ3v) is 4.33. The van der Waals surface area contributed by atoms with Gasteiger partial charge >= 0.3 is 0 Å². The van der Waals surface area contributed by atoms with E-state index in [9.17, 15) is 14.4 Å². The number of nitrogens with one attached hydrogen (secondary N) is 2. The molecule has 0 spiro atoms. The topological polar surface area (TPSA) is 75.3 Å². The monoisotopic (exact) mass is 372 g/mol. The number of ketones is 1. The van der Waals surface area contributed by atoms with Gasteiger partial charge in [0.1, 0.15) is 0 Å². The Morgan fingerprint density at radius 2 is 1.29 bits per heavy atom. The van der Waals surface area contributed by atoms with Crippen molar-refractivity contribution in [3.05, 3.63) is 95.1 Å². The van der Waals surface area contributed by atoms with Crippen LogP contribution in [-0.4, -0.2) is 17.6 Å². The van der Waals surface area contributed by atoms with E-state index in [1.165, 1.54) is 6.92 Å². The summed E-state index contributed by atoms with van der Waals surface area (Å²) in [5, 5.41) is 5.64. The predicted molar refractivity (Wildman–Crippen MR) is 110 cm³/mol. The van der Waals surface area contributed by atoms with Crippen LogP contribution in [0.25, 0.3) is 0 Å². The predicted octanol–water partition coefficient (Wildman–Crippen LogP) is 4.70. The third kappa shape index (κ3) is 4.51. The summed E-state index contributed by atoms with van der Waals surface area (Å²) in [4.78, 5) is 36.3. The maximum absolute atomic E-state index is 12.6. The van der Waals surface area contributed by atoms with Gasteiger partial charge in [0.2, 0.25) is 0 Å². The molecule has 140 valence electrons. The number of anilines is 2. The van der Waals surface area contributed by atoms with Gasteiger partial charge in [0.25, 0.3) is 11.8 Å². The number of hydrogen-bond donors (Lipinski definition) is 2. The van der Waals surface area contributed by atoms with Crippen LogP contribution >= 0.6 is 0 Å². The average molecular weight is 372 g/mol. The van der Waals surface area contributed by atoms with Crippen molar-refractivity contribution in [3.63, 3.8) is 0 Å². The van der Waals surface area contributed by atoms with Crippen molar-refractivity contribution in [2.45, 2.75) is 13.8 Å². The molecule has 5 nitrogen and oxygen atoms in total. The third-order valence-electron chi connectivity index (χ3n) is 4.33. The number of rotatable bonds is 5. The molecule has 0 aromatic heterocycles. The molecule has 0 fully saturated rings. The molecule has 0 saturated heterocycles. The first-order chi connectivity index (χ1) is 13.4. The summed E-state index contributed by atoms with van der Waals surface area (Å²) in [5.41, 5.74) is 3.57. The SMILES string of the molecule is CC(=O)c1ccc(NC(=O)c2ccc(C)c(NC(=O)c3ccccc3)c2)cc1. The number of aryl methyl sites for hydroxylation is 1. The maximum Gasteiger partial charge on any atom is 0.255 e. The minimum atomic E-state index is -0.300. The highest BCUT2D eigenvalue weighted by atomic mass is 16.2. The summed E-state index contributed by atoms with van der Waals surface area (Å²) in [6.07, 6.45) is 0. The largest absolute Gasteiger partial charge is 0.322 e. The van der Waals surface area contributed by atoms with Gasteiger partial charge in [0.15, 0.2) is 5.78 Å². The molecule has 3 rings (SSSR count). The molecule has 0 heterocycles.